The van der Waals surface area contributed by atoms with Crippen molar-refractivity contribution in [2.75, 3.05) is 9.71 Å². The van der Waals surface area contributed by atoms with Gasteiger partial charge in [0.15, 0.2) is 0 Å². The lowest BCUT2D eigenvalue weighted by atomic mass is 9.42. The standard InChI is InChI=1S/C58H53BN2O/c1-56(2,3)38-23-27-41(28-24-38)61-47-30-26-40(58(7,8)9)35-45(47)52-42-20-14-13-19-37(42)33-49-55(52)59(61)54-48(31-32-51-53(54)43-21-15-16-22-50(43)62-51)60(49)46-29-25-39(57(4,5)6)34-44(46)36-17-11-10-12-18-36/h10-35H,1-9H3. The third-order valence-electron chi connectivity index (χ3n) is 13.5. The SMILES string of the molecule is CC(C)(C)c1ccc(N2B3c4c(cc5ccccc5c4-c4cc(C(C)(C)C)ccc42)N(c2ccc(C(C)(C)C)cc2-c2ccccc2)c2ccc4oc5ccccc5c4c23)cc1. The van der Waals surface area contributed by atoms with Crippen molar-refractivity contribution in [3.63, 3.8) is 0 Å². The van der Waals surface area contributed by atoms with Crippen LogP contribution < -0.4 is 20.6 Å². The Labute approximate surface area is 366 Å². The summed E-state index contributed by atoms with van der Waals surface area (Å²) in [4.78, 5) is 5.24. The maximum atomic E-state index is 6.78. The number of hydrogen-bond acceptors (Lipinski definition) is 3. The number of rotatable bonds is 3. The molecule has 0 fully saturated rings. The molecule has 1 aromatic heterocycles. The van der Waals surface area contributed by atoms with Crippen LogP contribution >= 0.6 is 0 Å². The van der Waals surface area contributed by atoms with E-state index in [2.05, 4.69) is 230 Å². The van der Waals surface area contributed by atoms with E-state index in [1.165, 1.54) is 77.7 Å². The Balaban J connectivity index is 1.33. The van der Waals surface area contributed by atoms with Crippen molar-refractivity contribution < 1.29 is 4.42 Å². The van der Waals surface area contributed by atoms with Gasteiger partial charge in [0.05, 0.1) is 5.69 Å². The number of benzene rings is 8. The molecule has 62 heavy (non-hydrogen) atoms. The van der Waals surface area contributed by atoms with Gasteiger partial charge in [-0.3, -0.25) is 0 Å². The van der Waals surface area contributed by atoms with E-state index in [1.807, 2.05) is 0 Å². The second kappa shape index (κ2) is 13.5. The van der Waals surface area contributed by atoms with Crippen LogP contribution in [0, 0.1) is 0 Å². The molecule has 0 atom stereocenters. The van der Waals surface area contributed by atoms with E-state index in [-0.39, 0.29) is 23.1 Å². The number of para-hydroxylation sites is 1. The maximum Gasteiger partial charge on any atom is 0.333 e. The Morgan fingerprint density at radius 1 is 0.435 bits per heavy atom. The summed E-state index contributed by atoms with van der Waals surface area (Å²) in [6, 6.07) is 59.4. The fourth-order valence-corrected chi connectivity index (χ4v) is 10.2. The third-order valence-corrected chi connectivity index (χ3v) is 13.5. The van der Waals surface area contributed by atoms with E-state index < -0.39 is 0 Å². The molecule has 0 amide bonds. The van der Waals surface area contributed by atoms with E-state index in [0.29, 0.717) is 0 Å². The highest BCUT2D eigenvalue weighted by Crippen LogP contribution is 2.52. The molecule has 4 heteroatoms. The van der Waals surface area contributed by atoms with E-state index in [0.717, 1.165) is 33.3 Å². The zero-order valence-electron chi connectivity index (χ0n) is 37.4. The molecule has 0 unspecified atom stereocenters. The number of nitrogens with zero attached hydrogens (tertiary/aromatic N) is 2. The molecule has 11 rings (SSSR count). The maximum absolute atomic E-state index is 6.78. The molecule has 8 aromatic carbocycles. The minimum absolute atomic E-state index is 0.0252. The van der Waals surface area contributed by atoms with Gasteiger partial charge in [0.2, 0.25) is 0 Å². The predicted molar refractivity (Wildman–Crippen MR) is 266 cm³/mol. The quantitative estimate of drug-likeness (QED) is 0.166. The number of hydrogen-bond donors (Lipinski definition) is 0. The number of fused-ring (bicyclic) bond motifs is 10. The Morgan fingerprint density at radius 3 is 1.71 bits per heavy atom. The summed E-state index contributed by atoms with van der Waals surface area (Å²) in [6.07, 6.45) is 0. The minimum atomic E-state index is -0.178. The first kappa shape index (κ1) is 38.4. The van der Waals surface area contributed by atoms with Crippen molar-refractivity contribution >= 4 is 78.9 Å². The Kier molecular flexibility index (Phi) is 8.36. The van der Waals surface area contributed by atoms with Crippen LogP contribution in [-0.4, -0.2) is 6.85 Å². The zero-order valence-corrected chi connectivity index (χ0v) is 37.4. The van der Waals surface area contributed by atoms with Crippen LogP contribution in [0.1, 0.15) is 79.0 Å². The van der Waals surface area contributed by atoms with Gasteiger partial charge < -0.3 is 14.1 Å². The average molecular weight is 805 g/mol. The van der Waals surface area contributed by atoms with Crippen molar-refractivity contribution in [1.82, 2.24) is 0 Å². The fraction of sp³-hybridized carbons (Fsp3) is 0.207. The summed E-state index contributed by atoms with van der Waals surface area (Å²) in [6.45, 7) is 20.6. The summed E-state index contributed by atoms with van der Waals surface area (Å²) >= 11 is 0. The normalized spacial score (nSPS) is 13.8. The van der Waals surface area contributed by atoms with Gasteiger partial charge in [-0.05, 0) is 126 Å². The summed E-state index contributed by atoms with van der Waals surface area (Å²) in [7, 11) is 0. The van der Waals surface area contributed by atoms with E-state index >= 15 is 0 Å². The van der Waals surface area contributed by atoms with Gasteiger partial charge in [0.1, 0.15) is 11.2 Å². The molecule has 9 aromatic rings. The molecule has 0 saturated carbocycles. The van der Waals surface area contributed by atoms with Crippen molar-refractivity contribution in [3.05, 3.63) is 174 Å². The molecule has 0 bridgehead atoms. The van der Waals surface area contributed by atoms with Gasteiger partial charge in [-0.25, -0.2) is 0 Å². The zero-order chi connectivity index (χ0) is 42.9. The van der Waals surface area contributed by atoms with Crippen molar-refractivity contribution in [1.29, 1.82) is 0 Å². The van der Waals surface area contributed by atoms with Gasteiger partial charge in [0, 0.05) is 44.6 Å². The summed E-state index contributed by atoms with van der Waals surface area (Å²) < 4.78 is 6.78. The van der Waals surface area contributed by atoms with Crippen LogP contribution in [0.5, 0.6) is 0 Å². The van der Waals surface area contributed by atoms with Crippen LogP contribution in [0.4, 0.5) is 28.4 Å². The fourth-order valence-electron chi connectivity index (χ4n) is 10.2. The minimum Gasteiger partial charge on any atom is -0.456 e. The van der Waals surface area contributed by atoms with Gasteiger partial charge in [-0.1, -0.05) is 159 Å². The Bertz CT molecular complexity index is 3250. The highest BCUT2D eigenvalue weighted by atomic mass is 16.3. The van der Waals surface area contributed by atoms with Gasteiger partial charge in [-0.2, -0.15) is 0 Å². The molecule has 3 nitrogen and oxygen atoms in total. The molecule has 0 saturated heterocycles. The monoisotopic (exact) mass is 804 g/mol. The van der Waals surface area contributed by atoms with Crippen LogP contribution in [0.3, 0.4) is 0 Å². The van der Waals surface area contributed by atoms with E-state index in [9.17, 15) is 0 Å². The smallest absolute Gasteiger partial charge is 0.333 e. The molecule has 304 valence electrons. The summed E-state index contributed by atoms with van der Waals surface area (Å²) in [5.74, 6) is 0. The lowest BCUT2D eigenvalue weighted by Gasteiger charge is -2.47. The molecular weight excluding hydrogens is 751 g/mol. The van der Waals surface area contributed by atoms with E-state index in [1.54, 1.807) is 0 Å². The molecule has 2 aliphatic rings. The van der Waals surface area contributed by atoms with Gasteiger partial charge >= 0.3 is 6.85 Å². The van der Waals surface area contributed by atoms with Gasteiger partial charge in [-0.15, -0.1) is 0 Å². The molecule has 0 radical (unpaired) electrons. The lowest BCUT2D eigenvalue weighted by Crippen LogP contribution is -2.61. The second-order valence-corrected chi connectivity index (χ2v) is 20.6. The highest BCUT2D eigenvalue weighted by molar-refractivity contribution is 6.95. The highest BCUT2D eigenvalue weighted by Gasteiger charge is 2.47. The Morgan fingerprint density at radius 2 is 1.02 bits per heavy atom. The molecule has 0 N–H and O–H groups in total. The average Bonchev–Trinajstić information content (AvgIpc) is 3.64. The summed E-state index contributed by atoms with van der Waals surface area (Å²) in [5.41, 5.74) is 19.1. The molecule has 0 aliphatic carbocycles. The topological polar surface area (TPSA) is 19.6 Å². The predicted octanol–water partition coefficient (Wildman–Crippen LogP) is 15.0. The van der Waals surface area contributed by atoms with Crippen molar-refractivity contribution in [2.45, 2.75) is 78.6 Å². The van der Waals surface area contributed by atoms with Gasteiger partial charge in [0.25, 0.3) is 0 Å². The van der Waals surface area contributed by atoms with Crippen LogP contribution in [0.25, 0.3) is 55.0 Å². The van der Waals surface area contributed by atoms with Crippen molar-refractivity contribution in [2.24, 2.45) is 0 Å². The second-order valence-electron chi connectivity index (χ2n) is 20.6. The first-order valence-corrected chi connectivity index (χ1v) is 22.2. The van der Waals surface area contributed by atoms with Crippen LogP contribution in [0.15, 0.2) is 162 Å². The number of furan rings is 1. The Hall–Kier alpha value is -6.52. The number of anilines is 5. The third kappa shape index (κ3) is 5.87. The molecule has 2 aliphatic heterocycles. The lowest BCUT2D eigenvalue weighted by molar-refractivity contribution is 0.590. The first-order chi connectivity index (χ1) is 29.7. The van der Waals surface area contributed by atoms with Crippen LogP contribution in [-0.2, 0) is 16.2 Å². The van der Waals surface area contributed by atoms with E-state index in [4.69, 9.17) is 4.42 Å². The van der Waals surface area contributed by atoms with Crippen molar-refractivity contribution in [3.8, 4) is 22.3 Å². The molecular formula is C58H53BN2O. The molecule has 3 heterocycles. The summed E-state index contributed by atoms with van der Waals surface area (Å²) in [5, 5.41) is 4.79. The molecule has 0 spiro atoms. The first-order valence-electron chi connectivity index (χ1n) is 22.2. The largest absolute Gasteiger partial charge is 0.456 e. The van der Waals surface area contributed by atoms with Crippen LogP contribution in [0.2, 0.25) is 0 Å².